The third-order valence-electron chi connectivity index (χ3n) is 3.24. The fraction of sp³-hybridized carbons (Fsp3) is 0.733. The second-order valence-electron chi connectivity index (χ2n) is 5.54. The number of hydrogen-bond acceptors (Lipinski definition) is 3. The Morgan fingerprint density at radius 3 is 2.60 bits per heavy atom. The van der Waals surface area contributed by atoms with Crippen molar-refractivity contribution in [1.29, 1.82) is 0 Å². The maximum Gasteiger partial charge on any atom is 0.236 e. The van der Waals surface area contributed by atoms with Gasteiger partial charge in [-0.2, -0.15) is 5.10 Å². The number of hydrogen-bond donors (Lipinski definition) is 2. The molecule has 0 aromatic carbocycles. The first-order valence-corrected chi connectivity index (χ1v) is 7.54. The second-order valence-corrected chi connectivity index (χ2v) is 5.54. The summed E-state index contributed by atoms with van der Waals surface area (Å²) in [6, 6.07) is 1.91. The van der Waals surface area contributed by atoms with E-state index in [1.54, 1.807) is 0 Å². The minimum Gasteiger partial charge on any atom is -0.354 e. The third kappa shape index (κ3) is 4.96. The fourth-order valence-corrected chi connectivity index (χ4v) is 1.91. The number of carbonyl (C=O) groups is 1. The highest BCUT2D eigenvalue weighted by Crippen LogP contribution is 2.05. The maximum absolute atomic E-state index is 11.9. The van der Waals surface area contributed by atoms with E-state index in [1.807, 2.05) is 11.6 Å². The van der Waals surface area contributed by atoms with Crippen LogP contribution in [0.15, 0.2) is 6.07 Å². The molecule has 2 N–H and O–H groups in total. The molecule has 114 valence electrons. The number of aromatic nitrogens is 2. The number of amides is 1. The Labute approximate surface area is 122 Å². The highest BCUT2D eigenvalue weighted by atomic mass is 16.2. The molecule has 0 saturated heterocycles. The highest BCUT2D eigenvalue weighted by molar-refractivity contribution is 5.81. The molecule has 0 aliphatic heterocycles. The van der Waals surface area contributed by atoms with Gasteiger partial charge in [0.1, 0.15) is 0 Å². The van der Waals surface area contributed by atoms with Gasteiger partial charge < -0.3 is 10.6 Å². The van der Waals surface area contributed by atoms with Crippen molar-refractivity contribution in [2.24, 2.45) is 5.92 Å². The summed E-state index contributed by atoms with van der Waals surface area (Å²) in [7, 11) is 0. The summed E-state index contributed by atoms with van der Waals surface area (Å²) >= 11 is 0. The van der Waals surface area contributed by atoms with Crippen LogP contribution < -0.4 is 10.6 Å². The van der Waals surface area contributed by atoms with Crippen LogP contribution in [-0.2, 0) is 24.3 Å². The minimum absolute atomic E-state index is 0.0528. The summed E-state index contributed by atoms with van der Waals surface area (Å²) in [6.45, 7) is 12.5. The zero-order valence-electron chi connectivity index (χ0n) is 13.4. The van der Waals surface area contributed by atoms with Crippen molar-refractivity contribution in [1.82, 2.24) is 20.4 Å². The van der Waals surface area contributed by atoms with Crippen molar-refractivity contribution in [2.75, 3.05) is 6.54 Å². The van der Waals surface area contributed by atoms with Crippen LogP contribution in [0.25, 0.3) is 0 Å². The lowest BCUT2D eigenvalue weighted by molar-refractivity contribution is -0.122. The summed E-state index contributed by atoms with van der Waals surface area (Å²) < 4.78 is 1.99. The Morgan fingerprint density at radius 1 is 1.35 bits per heavy atom. The van der Waals surface area contributed by atoms with E-state index in [0.29, 0.717) is 12.5 Å². The van der Waals surface area contributed by atoms with E-state index in [4.69, 9.17) is 0 Å². The number of carbonyl (C=O) groups excluding carboxylic acids is 1. The molecule has 0 aliphatic rings. The predicted molar refractivity (Wildman–Crippen MR) is 81.4 cm³/mol. The molecule has 0 saturated carbocycles. The van der Waals surface area contributed by atoms with E-state index in [2.05, 4.69) is 49.5 Å². The summed E-state index contributed by atoms with van der Waals surface area (Å²) in [5.41, 5.74) is 2.23. The Bertz CT molecular complexity index is 426. The molecule has 1 aromatic heterocycles. The molecule has 1 amide bonds. The van der Waals surface area contributed by atoms with E-state index in [1.165, 1.54) is 0 Å². The number of aryl methyl sites for hydroxylation is 2. The predicted octanol–water partition coefficient (Wildman–Crippen LogP) is 1.72. The standard InChI is InChI=1S/C15H28N4O/c1-6-13-8-14(19(7-2)18-13)10-16-12(5)15(20)17-9-11(3)4/h8,11-12,16H,6-7,9-10H2,1-5H3,(H,17,20). The quantitative estimate of drug-likeness (QED) is 0.762. The van der Waals surface area contributed by atoms with Gasteiger partial charge in [-0.25, -0.2) is 0 Å². The normalized spacial score (nSPS) is 12.7. The Morgan fingerprint density at radius 2 is 2.05 bits per heavy atom. The Kier molecular flexibility index (Phi) is 6.71. The second kappa shape index (κ2) is 8.04. The summed E-state index contributed by atoms with van der Waals surface area (Å²) in [6.07, 6.45) is 0.935. The first-order chi connectivity index (χ1) is 9.47. The van der Waals surface area contributed by atoms with Crippen LogP contribution in [0.5, 0.6) is 0 Å². The maximum atomic E-state index is 11.9. The Balaban J connectivity index is 2.49. The molecular formula is C15H28N4O. The zero-order chi connectivity index (χ0) is 15.1. The number of nitrogens with zero attached hydrogens (tertiary/aromatic N) is 2. The zero-order valence-corrected chi connectivity index (χ0v) is 13.4. The lowest BCUT2D eigenvalue weighted by atomic mass is 10.2. The molecule has 0 spiro atoms. The van der Waals surface area contributed by atoms with Crippen molar-refractivity contribution in [2.45, 2.75) is 60.2 Å². The van der Waals surface area contributed by atoms with Crippen LogP contribution in [0.3, 0.4) is 0 Å². The van der Waals surface area contributed by atoms with E-state index in [0.717, 1.165) is 30.9 Å². The molecule has 20 heavy (non-hydrogen) atoms. The van der Waals surface area contributed by atoms with Gasteiger partial charge in [0.2, 0.25) is 5.91 Å². The van der Waals surface area contributed by atoms with Crippen LogP contribution in [-0.4, -0.2) is 28.3 Å². The monoisotopic (exact) mass is 280 g/mol. The Hall–Kier alpha value is -1.36. The molecule has 1 heterocycles. The van der Waals surface area contributed by atoms with Gasteiger partial charge in [0.05, 0.1) is 17.4 Å². The molecular weight excluding hydrogens is 252 g/mol. The van der Waals surface area contributed by atoms with Gasteiger partial charge in [-0.15, -0.1) is 0 Å². The summed E-state index contributed by atoms with van der Waals surface area (Å²) in [5.74, 6) is 0.525. The largest absolute Gasteiger partial charge is 0.354 e. The van der Waals surface area contributed by atoms with Crippen molar-refractivity contribution in [3.63, 3.8) is 0 Å². The van der Waals surface area contributed by atoms with Gasteiger partial charge in [-0.1, -0.05) is 20.8 Å². The van der Waals surface area contributed by atoms with Gasteiger partial charge >= 0.3 is 0 Å². The number of nitrogens with one attached hydrogen (secondary N) is 2. The van der Waals surface area contributed by atoms with Crippen LogP contribution >= 0.6 is 0 Å². The molecule has 0 aliphatic carbocycles. The van der Waals surface area contributed by atoms with E-state index >= 15 is 0 Å². The van der Waals surface area contributed by atoms with Crippen molar-refractivity contribution in [3.05, 3.63) is 17.5 Å². The van der Waals surface area contributed by atoms with Gasteiger partial charge in [-0.05, 0) is 32.3 Å². The molecule has 0 bridgehead atoms. The SMILES string of the molecule is CCc1cc(CNC(C)C(=O)NCC(C)C)n(CC)n1. The first kappa shape index (κ1) is 16.7. The topological polar surface area (TPSA) is 59.0 Å². The smallest absolute Gasteiger partial charge is 0.236 e. The molecule has 5 heteroatoms. The molecule has 0 fully saturated rings. The molecule has 1 aromatic rings. The fourth-order valence-electron chi connectivity index (χ4n) is 1.91. The van der Waals surface area contributed by atoms with E-state index in [9.17, 15) is 4.79 Å². The van der Waals surface area contributed by atoms with Crippen LogP contribution in [0.4, 0.5) is 0 Å². The average Bonchev–Trinajstić information content (AvgIpc) is 2.84. The first-order valence-electron chi connectivity index (χ1n) is 7.54. The average molecular weight is 280 g/mol. The van der Waals surface area contributed by atoms with E-state index < -0.39 is 0 Å². The van der Waals surface area contributed by atoms with Gasteiger partial charge in [0.25, 0.3) is 0 Å². The van der Waals surface area contributed by atoms with Crippen LogP contribution in [0, 0.1) is 5.92 Å². The molecule has 1 unspecified atom stereocenters. The van der Waals surface area contributed by atoms with E-state index in [-0.39, 0.29) is 11.9 Å². The van der Waals surface area contributed by atoms with Crippen molar-refractivity contribution in [3.8, 4) is 0 Å². The highest BCUT2D eigenvalue weighted by Gasteiger charge is 2.13. The number of rotatable bonds is 8. The van der Waals surface area contributed by atoms with Gasteiger partial charge in [0.15, 0.2) is 0 Å². The molecule has 1 atom stereocenters. The molecule has 5 nitrogen and oxygen atoms in total. The van der Waals surface area contributed by atoms with Crippen molar-refractivity contribution < 1.29 is 4.79 Å². The minimum atomic E-state index is -0.195. The lowest BCUT2D eigenvalue weighted by Crippen LogP contribution is -2.43. The van der Waals surface area contributed by atoms with Crippen molar-refractivity contribution >= 4 is 5.91 Å². The van der Waals surface area contributed by atoms with Gasteiger partial charge in [0, 0.05) is 19.6 Å². The lowest BCUT2D eigenvalue weighted by Gasteiger charge is -2.15. The third-order valence-corrected chi connectivity index (χ3v) is 3.24. The van der Waals surface area contributed by atoms with Crippen LogP contribution in [0.1, 0.15) is 46.0 Å². The molecule has 0 radical (unpaired) electrons. The summed E-state index contributed by atoms with van der Waals surface area (Å²) in [4.78, 5) is 11.9. The van der Waals surface area contributed by atoms with Crippen LogP contribution in [0.2, 0.25) is 0 Å². The summed E-state index contributed by atoms with van der Waals surface area (Å²) in [5, 5.41) is 10.7. The van der Waals surface area contributed by atoms with Gasteiger partial charge in [-0.3, -0.25) is 9.48 Å². The molecule has 1 rings (SSSR count).